The zero-order chi connectivity index (χ0) is 9.42. The standard InChI is InChI=1S/C9H7NO2S/c1-5(12)8-2-7-6(4-11)3-10-9(7)13-8/h2-4,10H,1H3. The molecule has 2 rings (SSSR count). The molecule has 0 aromatic carbocycles. The van der Waals surface area contributed by atoms with Gasteiger partial charge in [-0.1, -0.05) is 0 Å². The minimum absolute atomic E-state index is 0.0337. The van der Waals surface area contributed by atoms with Crippen molar-refractivity contribution >= 4 is 33.6 Å². The zero-order valence-corrected chi connectivity index (χ0v) is 7.77. The summed E-state index contributed by atoms with van der Waals surface area (Å²) in [6, 6.07) is 1.75. The summed E-state index contributed by atoms with van der Waals surface area (Å²) in [5.41, 5.74) is 0.610. The van der Waals surface area contributed by atoms with Crippen LogP contribution in [0.4, 0.5) is 0 Å². The number of ketones is 1. The average Bonchev–Trinajstić information content (AvgIpc) is 2.60. The van der Waals surface area contributed by atoms with E-state index in [1.165, 1.54) is 18.3 Å². The molecule has 66 valence electrons. The summed E-state index contributed by atoms with van der Waals surface area (Å²) in [5.74, 6) is 0.0337. The highest BCUT2D eigenvalue weighted by Gasteiger charge is 2.09. The van der Waals surface area contributed by atoms with Gasteiger partial charge < -0.3 is 4.98 Å². The van der Waals surface area contributed by atoms with Crippen molar-refractivity contribution in [3.8, 4) is 0 Å². The second-order valence-electron chi connectivity index (χ2n) is 2.77. The largest absolute Gasteiger partial charge is 0.352 e. The van der Waals surface area contributed by atoms with Crippen molar-refractivity contribution in [3.63, 3.8) is 0 Å². The van der Waals surface area contributed by atoms with Crippen molar-refractivity contribution in [2.75, 3.05) is 0 Å². The minimum Gasteiger partial charge on any atom is -0.352 e. The summed E-state index contributed by atoms with van der Waals surface area (Å²) < 4.78 is 0. The Hall–Kier alpha value is -1.42. The maximum atomic E-state index is 11.0. The number of hydrogen-bond acceptors (Lipinski definition) is 3. The van der Waals surface area contributed by atoms with E-state index in [0.29, 0.717) is 10.4 Å². The normalized spacial score (nSPS) is 10.5. The van der Waals surface area contributed by atoms with E-state index >= 15 is 0 Å². The van der Waals surface area contributed by atoms with Crippen LogP contribution < -0.4 is 0 Å². The molecule has 0 bridgehead atoms. The lowest BCUT2D eigenvalue weighted by molar-refractivity contribution is 0.102. The van der Waals surface area contributed by atoms with Gasteiger partial charge in [0.2, 0.25) is 0 Å². The number of aldehydes is 1. The lowest BCUT2D eigenvalue weighted by Crippen LogP contribution is -1.84. The van der Waals surface area contributed by atoms with Crippen LogP contribution in [0.15, 0.2) is 12.3 Å². The molecule has 0 aliphatic heterocycles. The molecule has 0 saturated heterocycles. The first-order valence-corrected chi connectivity index (χ1v) is 4.61. The fourth-order valence-corrected chi connectivity index (χ4v) is 2.15. The van der Waals surface area contributed by atoms with Crippen LogP contribution in [0, 0.1) is 0 Å². The van der Waals surface area contributed by atoms with Crippen molar-refractivity contribution in [2.24, 2.45) is 0 Å². The molecule has 4 heteroatoms. The highest BCUT2D eigenvalue weighted by Crippen LogP contribution is 2.26. The van der Waals surface area contributed by atoms with E-state index in [0.717, 1.165) is 16.5 Å². The van der Waals surface area contributed by atoms with Crippen molar-refractivity contribution < 1.29 is 9.59 Å². The third-order valence-electron chi connectivity index (χ3n) is 1.88. The van der Waals surface area contributed by atoms with Gasteiger partial charge in [-0.25, -0.2) is 0 Å². The Morgan fingerprint density at radius 1 is 1.62 bits per heavy atom. The zero-order valence-electron chi connectivity index (χ0n) is 6.96. The first-order valence-electron chi connectivity index (χ1n) is 3.79. The first kappa shape index (κ1) is 8.19. The summed E-state index contributed by atoms with van der Waals surface area (Å²) in [4.78, 5) is 26.1. The predicted molar refractivity (Wildman–Crippen MR) is 51.6 cm³/mol. The van der Waals surface area contributed by atoms with Gasteiger partial charge in [-0.15, -0.1) is 11.3 Å². The Morgan fingerprint density at radius 2 is 2.38 bits per heavy atom. The molecule has 0 fully saturated rings. The molecule has 0 spiro atoms. The van der Waals surface area contributed by atoms with E-state index in [-0.39, 0.29) is 5.78 Å². The van der Waals surface area contributed by atoms with E-state index in [2.05, 4.69) is 4.98 Å². The highest BCUT2D eigenvalue weighted by molar-refractivity contribution is 7.20. The SMILES string of the molecule is CC(=O)c1cc2c(C=O)c[nH]c2s1. The fourth-order valence-electron chi connectivity index (χ4n) is 1.20. The third kappa shape index (κ3) is 1.19. The molecule has 2 aromatic rings. The van der Waals surface area contributed by atoms with Crippen LogP contribution in [0.5, 0.6) is 0 Å². The van der Waals surface area contributed by atoms with Crippen molar-refractivity contribution in [1.29, 1.82) is 0 Å². The number of thiophene rings is 1. The van der Waals surface area contributed by atoms with Gasteiger partial charge in [0.05, 0.1) is 4.88 Å². The molecule has 13 heavy (non-hydrogen) atoms. The van der Waals surface area contributed by atoms with Crippen LogP contribution >= 0.6 is 11.3 Å². The molecule has 0 aliphatic carbocycles. The topological polar surface area (TPSA) is 49.9 Å². The Labute approximate surface area is 78.4 Å². The maximum Gasteiger partial charge on any atom is 0.169 e. The number of aromatic nitrogens is 1. The highest BCUT2D eigenvalue weighted by atomic mass is 32.1. The molecular weight excluding hydrogens is 186 g/mol. The summed E-state index contributed by atoms with van der Waals surface area (Å²) in [7, 11) is 0. The Kier molecular flexibility index (Phi) is 1.77. The molecule has 2 aromatic heterocycles. The molecule has 0 saturated carbocycles. The second kappa shape index (κ2) is 2.81. The summed E-state index contributed by atoms with van der Waals surface area (Å²) in [5, 5.41) is 0.838. The lowest BCUT2D eigenvalue weighted by atomic mass is 10.2. The number of rotatable bonds is 2. The average molecular weight is 193 g/mol. The smallest absolute Gasteiger partial charge is 0.169 e. The van der Waals surface area contributed by atoms with Gasteiger partial charge >= 0.3 is 0 Å². The van der Waals surface area contributed by atoms with Gasteiger partial charge in [-0.3, -0.25) is 9.59 Å². The Balaban J connectivity index is 2.69. The number of hydrogen-bond donors (Lipinski definition) is 1. The van der Waals surface area contributed by atoms with Gasteiger partial charge in [0, 0.05) is 17.1 Å². The van der Waals surface area contributed by atoms with Crippen molar-refractivity contribution in [1.82, 2.24) is 4.98 Å². The number of carbonyl (C=O) groups is 2. The Morgan fingerprint density at radius 3 is 3.00 bits per heavy atom. The van der Waals surface area contributed by atoms with Crippen LogP contribution in [-0.4, -0.2) is 17.1 Å². The predicted octanol–water partition coefficient (Wildman–Crippen LogP) is 2.24. The first-order chi connectivity index (χ1) is 6.22. The van der Waals surface area contributed by atoms with Crippen LogP contribution in [0.25, 0.3) is 10.2 Å². The minimum atomic E-state index is 0.0337. The molecular formula is C9H7NO2S. The van der Waals surface area contributed by atoms with Crippen molar-refractivity contribution in [3.05, 3.63) is 22.7 Å². The lowest BCUT2D eigenvalue weighted by Gasteiger charge is -1.82. The molecule has 0 amide bonds. The van der Waals surface area contributed by atoms with Gasteiger partial charge in [0.25, 0.3) is 0 Å². The van der Waals surface area contributed by atoms with Crippen LogP contribution in [0.1, 0.15) is 27.0 Å². The van der Waals surface area contributed by atoms with Gasteiger partial charge in [-0.05, 0) is 13.0 Å². The van der Waals surface area contributed by atoms with Gasteiger partial charge in [-0.2, -0.15) is 0 Å². The second-order valence-corrected chi connectivity index (χ2v) is 3.82. The Bertz CT molecular complexity index is 481. The van der Waals surface area contributed by atoms with E-state index < -0.39 is 0 Å². The summed E-state index contributed by atoms with van der Waals surface area (Å²) in [6.45, 7) is 1.52. The van der Waals surface area contributed by atoms with E-state index in [1.807, 2.05) is 0 Å². The molecule has 1 N–H and O–H groups in total. The molecule has 0 aliphatic rings. The van der Waals surface area contributed by atoms with Crippen molar-refractivity contribution in [2.45, 2.75) is 6.92 Å². The maximum absolute atomic E-state index is 11.0. The number of nitrogens with one attached hydrogen (secondary N) is 1. The summed E-state index contributed by atoms with van der Waals surface area (Å²) >= 11 is 1.38. The number of aromatic amines is 1. The molecule has 0 radical (unpaired) electrons. The molecule has 0 atom stereocenters. The number of carbonyl (C=O) groups excluding carboxylic acids is 2. The van der Waals surface area contributed by atoms with Gasteiger partial charge in [0.15, 0.2) is 12.1 Å². The van der Waals surface area contributed by atoms with Crippen LogP contribution in [-0.2, 0) is 0 Å². The fraction of sp³-hybridized carbons (Fsp3) is 0.111. The summed E-state index contributed by atoms with van der Waals surface area (Å²) in [6.07, 6.45) is 2.44. The van der Waals surface area contributed by atoms with Crippen LogP contribution in [0.2, 0.25) is 0 Å². The third-order valence-corrected chi connectivity index (χ3v) is 3.04. The quantitative estimate of drug-likeness (QED) is 0.587. The molecule has 0 unspecified atom stereocenters. The van der Waals surface area contributed by atoms with Crippen LogP contribution in [0.3, 0.4) is 0 Å². The molecule has 3 nitrogen and oxygen atoms in total. The monoisotopic (exact) mass is 193 g/mol. The van der Waals surface area contributed by atoms with E-state index in [4.69, 9.17) is 0 Å². The van der Waals surface area contributed by atoms with E-state index in [1.54, 1.807) is 12.3 Å². The number of Topliss-reactive ketones (excluding diaryl/α,β-unsaturated/α-hetero) is 1. The number of H-pyrrole nitrogens is 1. The van der Waals surface area contributed by atoms with E-state index in [9.17, 15) is 9.59 Å². The molecule has 2 heterocycles. The number of fused-ring (bicyclic) bond motifs is 1. The van der Waals surface area contributed by atoms with Gasteiger partial charge in [0.1, 0.15) is 4.83 Å².